The van der Waals surface area contributed by atoms with Gasteiger partial charge in [0, 0.05) is 25.2 Å². The second-order valence-electron chi connectivity index (χ2n) is 6.93. The number of hydrogen-bond donors (Lipinski definition) is 1. The summed E-state index contributed by atoms with van der Waals surface area (Å²) in [5.74, 6) is 1.62. The summed E-state index contributed by atoms with van der Waals surface area (Å²) in [5.41, 5.74) is 2.06. The van der Waals surface area contributed by atoms with Gasteiger partial charge < -0.3 is 19.5 Å². The lowest BCUT2D eigenvalue weighted by molar-refractivity contribution is -0.120. The van der Waals surface area contributed by atoms with Crippen molar-refractivity contribution in [2.75, 3.05) is 34.0 Å². The maximum absolute atomic E-state index is 12.5. The van der Waals surface area contributed by atoms with E-state index in [4.69, 9.17) is 14.2 Å². The molecule has 27 heavy (non-hydrogen) atoms. The molecule has 0 spiro atoms. The van der Waals surface area contributed by atoms with Crippen LogP contribution in [-0.4, -0.2) is 39.9 Å². The van der Waals surface area contributed by atoms with E-state index >= 15 is 0 Å². The summed E-state index contributed by atoms with van der Waals surface area (Å²) >= 11 is 0. The SMILES string of the molecule is COc1ccc(C2(CNC(=O)Cc3cccc(OC)c3)CCOCC2)cc1. The van der Waals surface area contributed by atoms with Gasteiger partial charge in [0.05, 0.1) is 20.6 Å². The topological polar surface area (TPSA) is 56.8 Å². The van der Waals surface area contributed by atoms with Crippen LogP contribution in [0.25, 0.3) is 0 Å². The Hall–Kier alpha value is -2.53. The Morgan fingerprint density at radius 1 is 1.04 bits per heavy atom. The summed E-state index contributed by atoms with van der Waals surface area (Å²) in [5, 5.41) is 3.14. The highest BCUT2D eigenvalue weighted by atomic mass is 16.5. The number of ether oxygens (including phenoxy) is 3. The van der Waals surface area contributed by atoms with Gasteiger partial charge in [-0.2, -0.15) is 0 Å². The van der Waals surface area contributed by atoms with Crippen LogP contribution in [0.3, 0.4) is 0 Å². The van der Waals surface area contributed by atoms with Crippen molar-refractivity contribution in [2.24, 2.45) is 0 Å². The lowest BCUT2D eigenvalue weighted by Gasteiger charge is -2.38. The molecule has 0 aromatic heterocycles. The molecule has 1 aliphatic heterocycles. The van der Waals surface area contributed by atoms with Crippen LogP contribution in [0.4, 0.5) is 0 Å². The predicted octanol–water partition coefficient (Wildman–Crippen LogP) is 3.11. The van der Waals surface area contributed by atoms with Gasteiger partial charge in [0.1, 0.15) is 11.5 Å². The zero-order chi connectivity index (χ0) is 19.1. The third kappa shape index (κ3) is 4.80. The minimum atomic E-state index is -0.103. The molecule has 0 saturated carbocycles. The molecule has 2 aromatic carbocycles. The van der Waals surface area contributed by atoms with Crippen LogP contribution in [0.1, 0.15) is 24.0 Å². The fourth-order valence-electron chi connectivity index (χ4n) is 3.57. The average molecular weight is 369 g/mol. The quantitative estimate of drug-likeness (QED) is 0.815. The number of benzene rings is 2. The van der Waals surface area contributed by atoms with E-state index in [1.807, 2.05) is 36.4 Å². The van der Waals surface area contributed by atoms with E-state index < -0.39 is 0 Å². The van der Waals surface area contributed by atoms with Gasteiger partial charge in [0.25, 0.3) is 0 Å². The van der Waals surface area contributed by atoms with Crippen molar-refractivity contribution < 1.29 is 19.0 Å². The van der Waals surface area contributed by atoms with Crippen LogP contribution < -0.4 is 14.8 Å². The van der Waals surface area contributed by atoms with Crippen molar-refractivity contribution in [3.8, 4) is 11.5 Å². The average Bonchev–Trinajstić information content (AvgIpc) is 2.73. The van der Waals surface area contributed by atoms with Gasteiger partial charge in [0.2, 0.25) is 5.91 Å². The molecule has 0 bridgehead atoms. The molecule has 3 rings (SSSR count). The van der Waals surface area contributed by atoms with Crippen molar-refractivity contribution in [3.63, 3.8) is 0 Å². The van der Waals surface area contributed by atoms with Crippen molar-refractivity contribution in [3.05, 3.63) is 59.7 Å². The number of hydrogen-bond acceptors (Lipinski definition) is 4. The van der Waals surface area contributed by atoms with Crippen LogP contribution in [0.5, 0.6) is 11.5 Å². The fraction of sp³-hybridized carbons (Fsp3) is 0.409. The van der Waals surface area contributed by atoms with Crippen LogP contribution in [0.15, 0.2) is 48.5 Å². The molecule has 1 N–H and O–H groups in total. The Morgan fingerprint density at radius 2 is 1.74 bits per heavy atom. The second-order valence-corrected chi connectivity index (χ2v) is 6.93. The molecule has 1 amide bonds. The molecule has 1 aliphatic rings. The first kappa shape index (κ1) is 19.2. The van der Waals surface area contributed by atoms with Crippen molar-refractivity contribution in [2.45, 2.75) is 24.7 Å². The smallest absolute Gasteiger partial charge is 0.224 e. The molecule has 0 atom stereocenters. The molecule has 0 unspecified atom stereocenters. The van der Waals surface area contributed by atoms with Gasteiger partial charge in [-0.1, -0.05) is 24.3 Å². The third-order valence-corrected chi connectivity index (χ3v) is 5.28. The maximum Gasteiger partial charge on any atom is 0.224 e. The van der Waals surface area contributed by atoms with E-state index in [9.17, 15) is 4.79 Å². The Labute approximate surface area is 160 Å². The highest BCUT2D eigenvalue weighted by Gasteiger charge is 2.34. The Morgan fingerprint density at radius 3 is 2.41 bits per heavy atom. The van der Waals surface area contributed by atoms with Crippen molar-refractivity contribution in [1.82, 2.24) is 5.32 Å². The van der Waals surface area contributed by atoms with Crippen LogP contribution >= 0.6 is 0 Å². The largest absolute Gasteiger partial charge is 0.497 e. The number of nitrogens with one attached hydrogen (secondary N) is 1. The van der Waals surface area contributed by atoms with Gasteiger partial charge in [-0.3, -0.25) is 4.79 Å². The number of amides is 1. The predicted molar refractivity (Wildman–Crippen MR) is 104 cm³/mol. The monoisotopic (exact) mass is 369 g/mol. The number of carbonyl (C=O) groups excluding carboxylic acids is 1. The highest BCUT2D eigenvalue weighted by Crippen LogP contribution is 2.35. The summed E-state index contributed by atoms with van der Waals surface area (Å²) in [6.07, 6.45) is 2.12. The summed E-state index contributed by atoms with van der Waals surface area (Å²) in [7, 11) is 3.29. The van der Waals surface area contributed by atoms with Gasteiger partial charge >= 0.3 is 0 Å². The standard InChI is InChI=1S/C22H27NO4/c1-25-19-8-6-18(7-9-19)22(10-12-27-13-11-22)16-23-21(24)15-17-4-3-5-20(14-17)26-2/h3-9,14H,10-13,15-16H2,1-2H3,(H,23,24). The second kappa shape index (κ2) is 8.91. The first-order valence-corrected chi connectivity index (χ1v) is 9.27. The lowest BCUT2D eigenvalue weighted by Crippen LogP contribution is -2.45. The minimum absolute atomic E-state index is 0.0163. The van der Waals surface area contributed by atoms with Gasteiger partial charge in [-0.25, -0.2) is 0 Å². The van der Waals surface area contributed by atoms with E-state index in [1.54, 1.807) is 14.2 Å². The Kier molecular flexibility index (Phi) is 6.35. The van der Waals surface area contributed by atoms with E-state index in [2.05, 4.69) is 17.4 Å². The summed E-state index contributed by atoms with van der Waals surface area (Å²) in [4.78, 5) is 12.5. The molecule has 1 fully saturated rings. The van der Waals surface area contributed by atoms with Gasteiger partial charge in [-0.15, -0.1) is 0 Å². The molecule has 0 radical (unpaired) electrons. The lowest BCUT2D eigenvalue weighted by atomic mass is 9.74. The molecular weight excluding hydrogens is 342 g/mol. The first-order valence-electron chi connectivity index (χ1n) is 9.27. The van der Waals surface area contributed by atoms with Crippen molar-refractivity contribution >= 4 is 5.91 Å². The van der Waals surface area contributed by atoms with Gasteiger partial charge in [-0.05, 0) is 48.2 Å². The summed E-state index contributed by atoms with van der Waals surface area (Å²) < 4.78 is 16.1. The van der Waals surface area contributed by atoms with E-state index in [0.717, 1.165) is 29.9 Å². The molecule has 5 heteroatoms. The molecule has 5 nitrogen and oxygen atoms in total. The number of methoxy groups -OCH3 is 2. The molecule has 0 aliphatic carbocycles. The fourth-order valence-corrected chi connectivity index (χ4v) is 3.57. The number of rotatable bonds is 7. The number of carbonyl (C=O) groups is 1. The third-order valence-electron chi connectivity index (χ3n) is 5.28. The molecular formula is C22H27NO4. The zero-order valence-corrected chi connectivity index (χ0v) is 16.0. The highest BCUT2D eigenvalue weighted by molar-refractivity contribution is 5.78. The maximum atomic E-state index is 12.5. The Bertz CT molecular complexity index is 751. The van der Waals surface area contributed by atoms with Crippen LogP contribution in [-0.2, 0) is 21.4 Å². The van der Waals surface area contributed by atoms with Crippen LogP contribution in [0, 0.1) is 0 Å². The summed E-state index contributed by atoms with van der Waals surface area (Å²) in [6, 6.07) is 15.8. The van der Waals surface area contributed by atoms with E-state index in [-0.39, 0.29) is 11.3 Å². The molecule has 2 aromatic rings. The van der Waals surface area contributed by atoms with E-state index in [0.29, 0.717) is 26.2 Å². The Balaban J connectivity index is 1.68. The summed E-state index contributed by atoms with van der Waals surface area (Å²) in [6.45, 7) is 2.01. The first-order chi connectivity index (χ1) is 13.1. The minimum Gasteiger partial charge on any atom is -0.497 e. The normalized spacial score (nSPS) is 15.8. The molecule has 144 valence electrons. The zero-order valence-electron chi connectivity index (χ0n) is 16.0. The van der Waals surface area contributed by atoms with E-state index in [1.165, 1.54) is 5.56 Å². The van der Waals surface area contributed by atoms with Crippen molar-refractivity contribution in [1.29, 1.82) is 0 Å². The van der Waals surface area contributed by atoms with Gasteiger partial charge in [0.15, 0.2) is 0 Å². The van der Waals surface area contributed by atoms with Crippen LogP contribution in [0.2, 0.25) is 0 Å². The molecule has 1 heterocycles. The molecule has 1 saturated heterocycles.